The predicted octanol–water partition coefficient (Wildman–Crippen LogP) is 0.936. The summed E-state index contributed by atoms with van der Waals surface area (Å²) in [4.78, 5) is 10.1. The van der Waals surface area contributed by atoms with Gasteiger partial charge in [0.1, 0.15) is 0 Å². The van der Waals surface area contributed by atoms with E-state index in [1.807, 2.05) is 0 Å². The Morgan fingerprint density at radius 1 is 1.78 bits per heavy atom. The maximum absolute atomic E-state index is 10.1. The van der Waals surface area contributed by atoms with E-state index in [4.69, 9.17) is 5.11 Å². The van der Waals surface area contributed by atoms with Crippen LogP contribution in [0.4, 0.5) is 4.79 Å². The maximum atomic E-state index is 10.1. The Labute approximate surface area is 63.5 Å². The first-order valence-electron chi connectivity index (χ1n) is 2.09. The maximum Gasteiger partial charge on any atom is 0.423 e. The molecule has 0 aromatic carbocycles. The monoisotopic (exact) mass is 168 g/mol. The predicted molar refractivity (Wildman–Crippen MR) is 40.1 cm³/mol. The van der Waals surface area contributed by atoms with Gasteiger partial charge in [0.15, 0.2) is 0 Å². The first-order valence-corrected chi connectivity index (χ1v) is 3.67. The molecule has 9 heavy (non-hydrogen) atoms. The lowest BCUT2D eigenvalue weighted by molar-refractivity contribution is 0.125. The molecule has 1 N–H and O–H groups in total. The third-order valence-corrected chi connectivity index (χ3v) is 2.03. The molecular weight excluding hydrogens is 160 g/mol. The number of amides is 1. The summed E-state index contributed by atoms with van der Waals surface area (Å²) in [5.41, 5.74) is 0. The van der Waals surface area contributed by atoms with Crippen LogP contribution < -0.4 is 0 Å². The smallest absolute Gasteiger partial charge is 0.423 e. The Hall–Kier alpha value is -0.0700. The molecule has 0 radical (unpaired) electrons. The average Bonchev–Trinajstić information content (AvgIpc) is 1.84. The van der Waals surface area contributed by atoms with Crippen LogP contribution in [-0.2, 0) is 0 Å². The molecule has 0 spiro atoms. The van der Waals surface area contributed by atoms with Crippen molar-refractivity contribution in [1.82, 2.24) is 8.83 Å². The SMILES string of the molecule is CSN(S)N(C)C(=O)O. The number of nitrogens with zero attached hydrogens (tertiary/aromatic N) is 2. The van der Waals surface area contributed by atoms with Gasteiger partial charge in [0, 0.05) is 7.05 Å². The molecule has 0 aromatic heterocycles. The van der Waals surface area contributed by atoms with Crippen molar-refractivity contribution in [2.45, 2.75) is 0 Å². The minimum absolute atomic E-state index is 0.966. The van der Waals surface area contributed by atoms with Gasteiger partial charge in [-0.2, -0.15) is 0 Å². The van der Waals surface area contributed by atoms with E-state index in [9.17, 15) is 4.79 Å². The third kappa shape index (κ3) is 2.83. The van der Waals surface area contributed by atoms with E-state index in [2.05, 4.69) is 12.8 Å². The molecule has 0 unspecified atom stereocenters. The minimum atomic E-state index is -1.03. The topological polar surface area (TPSA) is 43.8 Å². The lowest BCUT2D eigenvalue weighted by atomic mass is 11.1. The van der Waals surface area contributed by atoms with Gasteiger partial charge in [0.05, 0.1) is 0 Å². The highest BCUT2D eigenvalue weighted by molar-refractivity contribution is 8.04. The first kappa shape index (κ1) is 8.93. The molecule has 6 heteroatoms. The van der Waals surface area contributed by atoms with Crippen molar-refractivity contribution in [2.24, 2.45) is 0 Å². The van der Waals surface area contributed by atoms with Crippen molar-refractivity contribution in [1.29, 1.82) is 0 Å². The van der Waals surface area contributed by atoms with Gasteiger partial charge < -0.3 is 5.11 Å². The third-order valence-electron chi connectivity index (χ3n) is 0.697. The number of hydrogen-bond donors (Lipinski definition) is 2. The fourth-order valence-corrected chi connectivity index (χ4v) is 0.587. The Morgan fingerprint density at radius 3 is 2.33 bits per heavy atom. The van der Waals surface area contributed by atoms with Crippen LogP contribution in [0, 0.1) is 0 Å². The number of hydrogen-bond acceptors (Lipinski definition) is 4. The number of rotatable bonds is 2. The molecule has 0 saturated heterocycles. The molecule has 4 nitrogen and oxygen atoms in total. The van der Waals surface area contributed by atoms with E-state index in [0.29, 0.717) is 0 Å². The van der Waals surface area contributed by atoms with Crippen LogP contribution in [0.2, 0.25) is 0 Å². The normalized spacial score (nSPS) is 9.78. The molecular formula is C3H8N2O2S2. The second-order valence-corrected chi connectivity index (χ2v) is 2.60. The van der Waals surface area contributed by atoms with Crippen LogP contribution in [-0.4, -0.2) is 33.3 Å². The highest BCUT2D eigenvalue weighted by Crippen LogP contribution is 2.10. The number of thiol groups is 1. The summed E-state index contributed by atoms with van der Waals surface area (Å²) in [6.07, 6.45) is 0.700. The zero-order chi connectivity index (χ0) is 7.44. The minimum Gasteiger partial charge on any atom is -0.464 e. The van der Waals surface area contributed by atoms with Gasteiger partial charge >= 0.3 is 6.09 Å². The van der Waals surface area contributed by atoms with E-state index < -0.39 is 6.09 Å². The van der Waals surface area contributed by atoms with E-state index in [1.165, 1.54) is 22.8 Å². The standard InChI is InChI=1S/C3H8N2O2S2/c1-4(3(6)7)5(8)9-2/h8H,1-2H3,(H,6,7). The second-order valence-electron chi connectivity index (χ2n) is 1.24. The van der Waals surface area contributed by atoms with Crippen LogP contribution in [0.15, 0.2) is 0 Å². The van der Waals surface area contributed by atoms with Crippen LogP contribution >= 0.6 is 24.8 Å². The average molecular weight is 168 g/mol. The van der Waals surface area contributed by atoms with Crippen molar-refractivity contribution < 1.29 is 9.90 Å². The Balaban J connectivity index is 3.72. The fraction of sp³-hybridized carbons (Fsp3) is 0.667. The molecule has 0 saturated carbocycles. The molecule has 0 fully saturated rings. The second kappa shape index (κ2) is 3.86. The van der Waals surface area contributed by atoms with Crippen molar-refractivity contribution in [2.75, 3.05) is 13.3 Å². The summed E-state index contributed by atoms with van der Waals surface area (Å²) in [5, 5.41) is 9.27. The highest BCUT2D eigenvalue weighted by Gasteiger charge is 2.09. The molecule has 0 atom stereocenters. The summed E-state index contributed by atoms with van der Waals surface area (Å²) >= 11 is 5.01. The zero-order valence-electron chi connectivity index (χ0n) is 5.11. The molecule has 0 aliphatic carbocycles. The molecule has 1 amide bonds. The molecule has 0 bridgehead atoms. The summed E-state index contributed by atoms with van der Waals surface area (Å²) in [5.74, 6) is 0. The molecule has 54 valence electrons. The molecule has 0 aromatic rings. The van der Waals surface area contributed by atoms with Gasteiger partial charge in [0.2, 0.25) is 0 Å². The van der Waals surface area contributed by atoms with Crippen molar-refractivity contribution in [3.05, 3.63) is 0 Å². The molecule has 0 heterocycles. The van der Waals surface area contributed by atoms with Crippen molar-refractivity contribution in [3.63, 3.8) is 0 Å². The van der Waals surface area contributed by atoms with E-state index in [1.54, 1.807) is 6.26 Å². The highest BCUT2D eigenvalue weighted by atomic mass is 32.2. The van der Waals surface area contributed by atoms with Gasteiger partial charge in [-0.1, -0.05) is 12.8 Å². The van der Waals surface area contributed by atoms with Gasteiger partial charge in [-0.05, 0) is 18.2 Å². The summed E-state index contributed by atoms with van der Waals surface area (Å²) in [7, 11) is 1.41. The van der Waals surface area contributed by atoms with Crippen LogP contribution in [0.1, 0.15) is 0 Å². The summed E-state index contributed by atoms with van der Waals surface area (Å²) in [6.45, 7) is 0. The Morgan fingerprint density at radius 2 is 2.22 bits per heavy atom. The van der Waals surface area contributed by atoms with E-state index in [-0.39, 0.29) is 0 Å². The lowest BCUT2D eigenvalue weighted by Crippen LogP contribution is -2.32. The van der Waals surface area contributed by atoms with E-state index >= 15 is 0 Å². The molecule has 0 aliphatic rings. The number of carbonyl (C=O) groups is 1. The summed E-state index contributed by atoms with van der Waals surface area (Å²) in [6, 6.07) is 0. The Bertz CT molecular complexity index is 110. The molecule has 0 rings (SSSR count). The zero-order valence-corrected chi connectivity index (χ0v) is 6.82. The van der Waals surface area contributed by atoms with Crippen molar-refractivity contribution >= 4 is 30.9 Å². The Kier molecular flexibility index (Phi) is 3.83. The van der Waals surface area contributed by atoms with Gasteiger partial charge in [-0.3, -0.25) is 0 Å². The van der Waals surface area contributed by atoms with Crippen molar-refractivity contribution in [3.8, 4) is 0 Å². The van der Waals surface area contributed by atoms with Gasteiger partial charge in [0.25, 0.3) is 0 Å². The summed E-state index contributed by atoms with van der Waals surface area (Å²) < 4.78 is 1.21. The van der Waals surface area contributed by atoms with E-state index in [0.717, 1.165) is 5.01 Å². The first-order chi connectivity index (χ1) is 4.09. The number of hydrazine groups is 1. The van der Waals surface area contributed by atoms with Crippen LogP contribution in [0.5, 0.6) is 0 Å². The van der Waals surface area contributed by atoms with Crippen LogP contribution in [0.3, 0.4) is 0 Å². The molecule has 0 aliphatic heterocycles. The van der Waals surface area contributed by atoms with Crippen LogP contribution in [0.25, 0.3) is 0 Å². The largest absolute Gasteiger partial charge is 0.464 e. The quantitative estimate of drug-likeness (QED) is 0.366. The number of carboxylic acid groups (broad SMARTS) is 1. The lowest BCUT2D eigenvalue weighted by Gasteiger charge is -2.20. The fourth-order valence-electron chi connectivity index (χ4n) is 0.196. The van der Waals surface area contributed by atoms with Gasteiger partial charge in [-0.25, -0.2) is 9.80 Å². The van der Waals surface area contributed by atoms with Gasteiger partial charge in [-0.15, -0.1) is 3.82 Å².